The van der Waals surface area contributed by atoms with Gasteiger partial charge in [0.05, 0.1) is 6.42 Å². The minimum Gasteiger partial charge on any atom is -0.346 e. The number of nitrogens with one attached hydrogen (secondary N) is 1. The third kappa shape index (κ3) is 3.47. The summed E-state index contributed by atoms with van der Waals surface area (Å²) < 4.78 is 1.04. The molecule has 1 amide bonds. The molecule has 0 bridgehead atoms. The number of piperidine rings is 1. The molecule has 1 aliphatic rings. The number of pyridine rings is 1. The van der Waals surface area contributed by atoms with Gasteiger partial charge in [-0.2, -0.15) is 0 Å². The number of likely N-dealkylation sites (tertiary alicyclic amines) is 1. The molecular weight excluding hydrogens is 378 g/mol. The van der Waals surface area contributed by atoms with Crippen LogP contribution in [0.2, 0.25) is 0 Å². The van der Waals surface area contributed by atoms with Crippen molar-refractivity contribution in [2.24, 2.45) is 0 Å². The second-order valence-corrected chi connectivity index (χ2v) is 7.52. The van der Waals surface area contributed by atoms with Crippen LogP contribution in [0.1, 0.15) is 29.9 Å². The summed E-state index contributed by atoms with van der Waals surface area (Å²) >= 11 is 3.43. The lowest BCUT2D eigenvalue weighted by Crippen LogP contribution is -2.38. The molecule has 0 radical (unpaired) electrons. The molecule has 0 atom stereocenters. The zero-order valence-corrected chi connectivity index (χ0v) is 15.5. The molecule has 4 rings (SSSR count). The molecule has 1 aliphatic heterocycles. The lowest BCUT2D eigenvalue weighted by Gasteiger charge is -2.32. The molecule has 128 valence electrons. The number of halogens is 1. The van der Waals surface area contributed by atoms with Gasteiger partial charge in [0.15, 0.2) is 0 Å². The monoisotopic (exact) mass is 397 g/mol. The molecule has 25 heavy (non-hydrogen) atoms. The van der Waals surface area contributed by atoms with E-state index < -0.39 is 0 Å². The van der Waals surface area contributed by atoms with Gasteiger partial charge in [0, 0.05) is 35.3 Å². The predicted molar refractivity (Wildman–Crippen MR) is 102 cm³/mol. The Labute approximate surface area is 155 Å². The highest BCUT2D eigenvalue weighted by molar-refractivity contribution is 9.10. The Morgan fingerprint density at radius 3 is 2.72 bits per heavy atom. The summed E-state index contributed by atoms with van der Waals surface area (Å²) in [5.41, 5.74) is 3.35. The van der Waals surface area contributed by atoms with Gasteiger partial charge >= 0.3 is 0 Å². The molecule has 1 aromatic carbocycles. The third-order valence-electron chi connectivity index (χ3n) is 5.04. The first-order valence-corrected chi connectivity index (χ1v) is 9.44. The van der Waals surface area contributed by atoms with Crippen molar-refractivity contribution in [1.29, 1.82) is 0 Å². The number of H-pyrrole nitrogens is 1. The number of carbonyl (C=O) groups excluding carboxylic acids is 1. The number of carbonyl (C=O) groups is 1. The Hall–Kier alpha value is -2.14. The van der Waals surface area contributed by atoms with E-state index in [-0.39, 0.29) is 5.91 Å². The van der Waals surface area contributed by atoms with E-state index in [1.807, 2.05) is 41.4 Å². The average molecular weight is 398 g/mol. The maximum absolute atomic E-state index is 12.6. The van der Waals surface area contributed by atoms with Crippen LogP contribution in [0.3, 0.4) is 0 Å². The number of aromatic nitrogens is 2. The minimum atomic E-state index is 0.223. The Balaban J connectivity index is 1.39. The van der Waals surface area contributed by atoms with Crippen LogP contribution in [0.5, 0.6) is 0 Å². The molecule has 1 N–H and O–H groups in total. The fourth-order valence-electron chi connectivity index (χ4n) is 3.64. The Kier molecular flexibility index (Phi) is 4.57. The van der Waals surface area contributed by atoms with Crippen LogP contribution in [0.4, 0.5) is 0 Å². The van der Waals surface area contributed by atoms with Gasteiger partial charge in [0.1, 0.15) is 5.65 Å². The summed E-state index contributed by atoms with van der Waals surface area (Å²) in [6.07, 6.45) is 6.39. The van der Waals surface area contributed by atoms with Gasteiger partial charge < -0.3 is 9.88 Å². The van der Waals surface area contributed by atoms with Crippen molar-refractivity contribution in [3.05, 3.63) is 64.4 Å². The van der Waals surface area contributed by atoms with Crippen molar-refractivity contribution in [3.8, 4) is 0 Å². The van der Waals surface area contributed by atoms with E-state index in [1.54, 1.807) is 0 Å². The van der Waals surface area contributed by atoms with Crippen LogP contribution < -0.4 is 0 Å². The molecule has 3 heterocycles. The third-order valence-corrected chi connectivity index (χ3v) is 5.57. The molecule has 0 aliphatic carbocycles. The first-order valence-electron chi connectivity index (χ1n) is 8.65. The molecule has 5 heteroatoms. The number of fused-ring (bicyclic) bond motifs is 1. The van der Waals surface area contributed by atoms with Crippen molar-refractivity contribution in [1.82, 2.24) is 14.9 Å². The zero-order chi connectivity index (χ0) is 17.2. The SMILES string of the molecule is O=C(Cc1ccc(Br)cc1)N1CCC(c2c[nH]c3ncccc23)CC1. The molecule has 0 unspecified atom stereocenters. The van der Waals surface area contributed by atoms with E-state index in [0.717, 1.165) is 41.6 Å². The molecule has 2 aromatic heterocycles. The largest absolute Gasteiger partial charge is 0.346 e. The predicted octanol–water partition coefficient (Wildman–Crippen LogP) is 4.27. The number of nitrogens with zero attached hydrogens (tertiary/aromatic N) is 2. The maximum Gasteiger partial charge on any atom is 0.226 e. The summed E-state index contributed by atoms with van der Waals surface area (Å²) in [5, 5.41) is 1.21. The van der Waals surface area contributed by atoms with Gasteiger partial charge in [-0.15, -0.1) is 0 Å². The van der Waals surface area contributed by atoms with Crippen molar-refractivity contribution in [3.63, 3.8) is 0 Å². The average Bonchev–Trinajstić information content (AvgIpc) is 3.08. The zero-order valence-electron chi connectivity index (χ0n) is 13.9. The highest BCUT2D eigenvalue weighted by atomic mass is 79.9. The fourth-order valence-corrected chi connectivity index (χ4v) is 3.91. The Bertz CT molecular complexity index is 879. The van der Waals surface area contributed by atoms with Gasteiger partial charge in [-0.25, -0.2) is 4.98 Å². The maximum atomic E-state index is 12.6. The second kappa shape index (κ2) is 7.00. The van der Waals surface area contributed by atoms with Gasteiger partial charge in [0.25, 0.3) is 0 Å². The van der Waals surface area contributed by atoms with Gasteiger partial charge in [-0.1, -0.05) is 28.1 Å². The number of aromatic amines is 1. The van der Waals surface area contributed by atoms with Crippen molar-refractivity contribution >= 4 is 32.9 Å². The van der Waals surface area contributed by atoms with E-state index in [4.69, 9.17) is 0 Å². The number of rotatable bonds is 3. The van der Waals surface area contributed by atoms with Crippen LogP contribution in [-0.2, 0) is 11.2 Å². The van der Waals surface area contributed by atoms with Crippen LogP contribution >= 0.6 is 15.9 Å². The van der Waals surface area contributed by atoms with Crippen molar-refractivity contribution in [2.75, 3.05) is 13.1 Å². The number of benzene rings is 1. The molecular formula is C20H20BrN3O. The van der Waals surface area contributed by atoms with Crippen LogP contribution in [-0.4, -0.2) is 33.9 Å². The normalized spacial score (nSPS) is 15.6. The number of amides is 1. The molecule has 1 fully saturated rings. The van der Waals surface area contributed by atoms with E-state index in [2.05, 4.69) is 38.2 Å². The first kappa shape index (κ1) is 16.3. The Morgan fingerprint density at radius 2 is 1.96 bits per heavy atom. The van der Waals surface area contributed by atoms with Gasteiger partial charge in [-0.05, 0) is 54.2 Å². The Morgan fingerprint density at radius 1 is 1.20 bits per heavy atom. The summed E-state index contributed by atoms with van der Waals surface area (Å²) in [6, 6.07) is 12.1. The minimum absolute atomic E-state index is 0.223. The standard InChI is InChI=1S/C20H20BrN3O/c21-16-5-3-14(4-6-16)12-19(25)24-10-7-15(8-11-24)18-13-23-20-17(18)2-1-9-22-20/h1-6,9,13,15H,7-8,10-12H2,(H,22,23). The lowest BCUT2D eigenvalue weighted by molar-refractivity contribution is -0.131. The molecule has 1 saturated heterocycles. The second-order valence-electron chi connectivity index (χ2n) is 6.60. The topological polar surface area (TPSA) is 49.0 Å². The van der Waals surface area contributed by atoms with E-state index in [9.17, 15) is 4.79 Å². The number of hydrogen-bond acceptors (Lipinski definition) is 2. The first-order chi connectivity index (χ1) is 12.2. The highest BCUT2D eigenvalue weighted by Gasteiger charge is 2.25. The van der Waals surface area contributed by atoms with Crippen molar-refractivity contribution < 1.29 is 4.79 Å². The van der Waals surface area contributed by atoms with Crippen molar-refractivity contribution in [2.45, 2.75) is 25.2 Å². The smallest absolute Gasteiger partial charge is 0.226 e. The molecule has 0 spiro atoms. The summed E-state index contributed by atoms with van der Waals surface area (Å²) in [4.78, 5) is 22.2. The van der Waals surface area contributed by atoms with Gasteiger partial charge in [0.2, 0.25) is 5.91 Å². The highest BCUT2D eigenvalue weighted by Crippen LogP contribution is 2.32. The summed E-state index contributed by atoms with van der Waals surface area (Å²) in [5.74, 6) is 0.719. The summed E-state index contributed by atoms with van der Waals surface area (Å²) in [6.45, 7) is 1.65. The van der Waals surface area contributed by atoms with Crippen LogP contribution in [0.15, 0.2) is 53.3 Å². The molecule has 0 saturated carbocycles. The lowest BCUT2D eigenvalue weighted by atomic mass is 9.89. The fraction of sp³-hybridized carbons (Fsp3) is 0.300. The van der Waals surface area contributed by atoms with E-state index >= 15 is 0 Å². The van der Waals surface area contributed by atoms with E-state index in [0.29, 0.717) is 12.3 Å². The summed E-state index contributed by atoms with van der Waals surface area (Å²) in [7, 11) is 0. The van der Waals surface area contributed by atoms with Crippen LogP contribution in [0, 0.1) is 0 Å². The van der Waals surface area contributed by atoms with Gasteiger partial charge in [-0.3, -0.25) is 4.79 Å². The van der Waals surface area contributed by atoms with Crippen LogP contribution in [0.25, 0.3) is 11.0 Å². The molecule has 4 nitrogen and oxygen atoms in total. The van der Waals surface area contributed by atoms with E-state index in [1.165, 1.54) is 10.9 Å². The number of hydrogen-bond donors (Lipinski definition) is 1. The molecule has 3 aromatic rings. The quantitative estimate of drug-likeness (QED) is 0.716.